The highest BCUT2D eigenvalue weighted by molar-refractivity contribution is 5.90. The van der Waals surface area contributed by atoms with Crippen molar-refractivity contribution >= 4 is 29.5 Å². The second-order valence-corrected chi connectivity index (χ2v) is 8.75. The molecule has 1 unspecified atom stereocenters. The minimum atomic E-state index is -1.28. The van der Waals surface area contributed by atoms with Crippen LogP contribution in [0, 0.1) is 5.92 Å². The summed E-state index contributed by atoms with van der Waals surface area (Å²) in [5, 5.41) is 23.0. The molecule has 1 aromatic rings. The lowest BCUT2D eigenvalue weighted by Gasteiger charge is -2.38. The van der Waals surface area contributed by atoms with E-state index < -0.39 is 23.4 Å². The van der Waals surface area contributed by atoms with E-state index in [4.69, 9.17) is 5.11 Å². The van der Waals surface area contributed by atoms with Crippen molar-refractivity contribution < 1.29 is 24.6 Å². The van der Waals surface area contributed by atoms with Crippen molar-refractivity contribution in [2.24, 2.45) is 5.92 Å². The van der Waals surface area contributed by atoms with Crippen LogP contribution in [0.2, 0.25) is 0 Å². The molecule has 1 saturated heterocycles. The summed E-state index contributed by atoms with van der Waals surface area (Å²) in [6.07, 6.45) is 4.39. The summed E-state index contributed by atoms with van der Waals surface area (Å²) in [6.45, 7) is 4.15. The first-order valence-corrected chi connectivity index (χ1v) is 10.9. The molecule has 1 aromatic heterocycles. The first kappa shape index (κ1) is 24.2. The summed E-state index contributed by atoms with van der Waals surface area (Å²) in [5.74, 6) is -0.0139. The van der Waals surface area contributed by atoms with Gasteiger partial charge in [0.15, 0.2) is 0 Å². The number of carboxylic acid groups (broad SMARTS) is 1. The standard InChI is InChI=1S/C21H30N6O6/c1-21(2,24-20(32)33)17(29)25-9-11-26(12-10-25)18(30)22-16-7-8-27(19(31)23-16)15-5-3-14(13-28)4-6-15/h5,7-8,14,24,28H,3-4,6,9-13H2,1-2H3,(H,32,33)(H,22,23,30,31). The average Bonchev–Trinajstić information content (AvgIpc) is 2.78. The van der Waals surface area contributed by atoms with Crippen molar-refractivity contribution in [2.45, 2.75) is 38.6 Å². The van der Waals surface area contributed by atoms with Crippen LogP contribution >= 0.6 is 0 Å². The van der Waals surface area contributed by atoms with Gasteiger partial charge in [0.2, 0.25) is 5.91 Å². The van der Waals surface area contributed by atoms with Crippen LogP contribution in [0.1, 0.15) is 33.1 Å². The molecule has 12 heteroatoms. The number of nitrogens with one attached hydrogen (secondary N) is 2. The predicted molar refractivity (Wildman–Crippen MR) is 120 cm³/mol. The number of rotatable bonds is 5. The Hall–Kier alpha value is -3.41. The van der Waals surface area contributed by atoms with Gasteiger partial charge >= 0.3 is 17.8 Å². The smallest absolute Gasteiger partial charge is 0.405 e. The van der Waals surface area contributed by atoms with Crippen molar-refractivity contribution in [3.8, 4) is 0 Å². The first-order chi connectivity index (χ1) is 15.6. The van der Waals surface area contributed by atoms with E-state index in [1.54, 1.807) is 12.3 Å². The second kappa shape index (κ2) is 10.0. The summed E-state index contributed by atoms with van der Waals surface area (Å²) in [4.78, 5) is 55.5. The molecule has 4 N–H and O–H groups in total. The van der Waals surface area contributed by atoms with Gasteiger partial charge in [-0.3, -0.25) is 14.7 Å². The van der Waals surface area contributed by atoms with E-state index in [9.17, 15) is 24.3 Å². The zero-order chi connectivity index (χ0) is 24.2. The molecule has 4 amide bonds. The number of hydrogen-bond donors (Lipinski definition) is 4. The number of amides is 4. The molecule has 0 spiro atoms. The largest absolute Gasteiger partial charge is 0.465 e. The van der Waals surface area contributed by atoms with Crippen molar-refractivity contribution in [3.05, 3.63) is 28.8 Å². The Bertz CT molecular complexity index is 995. The highest BCUT2D eigenvalue weighted by Gasteiger charge is 2.35. The monoisotopic (exact) mass is 462 g/mol. The van der Waals surface area contributed by atoms with Crippen LogP contribution in [0.15, 0.2) is 23.1 Å². The normalized spacial score (nSPS) is 19.0. The van der Waals surface area contributed by atoms with E-state index in [-0.39, 0.29) is 50.4 Å². The molecule has 33 heavy (non-hydrogen) atoms. The summed E-state index contributed by atoms with van der Waals surface area (Å²) in [7, 11) is 0. The maximum Gasteiger partial charge on any atom is 0.405 e. The second-order valence-electron chi connectivity index (χ2n) is 8.75. The van der Waals surface area contributed by atoms with Crippen LogP contribution < -0.4 is 16.3 Å². The number of piperazine rings is 1. The zero-order valence-corrected chi connectivity index (χ0v) is 18.8. The summed E-state index contributed by atoms with van der Waals surface area (Å²) >= 11 is 0. The van der Waals surface area contributed by atoms with Crippen LogP contribution in [0.4, 0.5) is 15.4 Å². The number of anilines is 1. The number of aromatic nitrogens is 2. The molecule has 1 aliphatic carbocycles. The molecular weight excluding hydrogens is 432 g/mol. The van der Waals surface area contributed by atoms with Gasteiger partial charge in [0.25, 0.3) is 0 Å². The quantitative estimate of drug-likeness (QED) is 0.499. The summed E-state index contributed by atoms with van der Waals surface area (Å²) in [6, 6.07) is 1.12. The van der Waals surface area contributed by atoms with E-state index in [0.717, 1.165) is 12.1 Å². The highest BCUT2D eigenvalue weighted by atomic mass is 16.4. The Kier molecular flexibility index (Phi) is 7.36. The van der Waals surface area contributed by atoms with Crippen molar-refractivity contribution in [1.29, 1.82) is 0 Å². The molecule has 2 heterocycles. The van der Waals surface area contributed by atoms with Gasteiger partial charge in [0.05, 0.1) is 0 Å². The Balaban J connectivity index is 1.56. The molecule has 3 rings (SSSR count). The topological polar surface area (TPSA) is 157 Å². The van der Waals surface area contributed by atoms with E-state index in [0.29, 0.717) is 12.8 Å². The minimum Gasteiger partial charge on any atom is -0.465 e. The molecule has 1 fully saturated rings. The van der Waals surface area contributed by atoms with Gasteiger partial charge in [-0.25, -0.2) is 14.4 Å². The van der Waals surface area contributed by atoms with E-state index in [1.165, 1.54) is 28.2 Å². The lowest BCUT2D eigenvalue weighted by atomic mass is 9.93. The average molecular weight is 463 g/mol. The fourth-order valence-corrected chi connectivity index (χ4v) is 3.97. The first-order valence-electron chi connectivity index (χ1n) is 10.9. The molecule has 0 radical (unpaired) electrons. The van der Waals surface area contributed by atoms with Gasteiger partial charge < -0.3 is 25.3 Å². The summed E-state index contributed by atoms with van der Waals surface area (Å²) in [5.41, 5.74) is -0.932. The molecule has 1 aliphatic heterocycles. The third-order valence-corrected chi connectivity index (χ3v) is 5.91. The van der Waals surface area contributed by atoms with Gasteiger partial charge in [-0.1, -0.05) is 6.08 Å². The van der Waals surface area contributed by atoms with Crippen LogP contribution in [-0.4, -0.2) is 85.9 Å². The third kappa shape index (κ3) is 5.89. The molecule has 1 atom stereocenters. The van der Waals surface area contributed by atoms with Gasteiger partial charge in [0, 0.05) is 44.7 Å². The number of carbonyl (C=O) groups is 3. The molecule has 0 bridgehead atoms. The molecule has 0 aromatic carbocycles. The number of nitrogens with zero attached hydrogens (tertiary/aromatic N) is 4. The van der Waals surface area contributed by atoms with Gasteiger partial charge in [-0.05, 0) is 45.1 Å². The maximum absolute atomic E-state index is 12.6. The van der Waals surface area contributed by atoms with Crippen molar-refractivity contribution in [3.63, 3.8) is 0 Å². The van der Waals surface area contributed by atoms with E-state index in [2.05, 4.69) is 15.6 Å². The van der Waals surface area contributed by atoms with Crippen LogP contribution in [0.5, 0.6) is 0 Å². The lowest BCUT2D eigenvalue weighted by molar-refractivity contribution is -0.138. The fourth-order valence-electron chi connectivity index (χ4n) is 3.97. The number of allylic oxidation sites excluding steroid dienone is 2. The van der Waals surface area contributed by atoms with Gasteiger partial charge in [0.1, 0.15) is 11.4 Å². The Morgan fingerprint density at radius 3 is 2.39 bits per heavy atom. The zero-order valence-electron chi connectivity index (χ0n) is 18.8. The number of hydrogen-bond acceptors (Lipinski definition) is 6. The van der Waals surface area contributed by atoms with E-state index in [1.807, 2.05) is 6.08 Å². The Labute approximate surface area is 190 Å². The molecule has 12 nitrogen and oxygen atoms in total. The summed E-state index contributed by atoms with van der Waals surface area (Å²) < 4.78 is 1.44. The highest BCUT2D eigenvalue weighted by Crippen LogP contribution is 2.25. The van der Waals surface area contributed by atoms with Crippen LogP contribution in [0.3, 0.4) is 0 Å². The third-order valence-electron chi connectivity index (χ3n) is 5.91. The maximum atomic E-state index is 12.6. The van der Waals surface area contributed by atoms with Crippen LogP contribution in [-0.2, 0) is 4.79 Å². The minimum absolute atomic E-state index is 0.126. The molecule has 0 saturated carbocycles. The Morgan fingerprint density at radius 1 is 1.18 bits per heavy atom. The van der Waals surface area contributed by atoms with Gasteiger partial charge in [-0.2, -0.15) is 4.98 Å². The van der Waals surface area contributed by atoms with Crippen molar-refractivity contribution in [2.75, 3.05) is 38.1 Å². The van der Waals surface area contributed by atoms with Crippen molar-refractivity contribution in [1.82, 2.24) is 24.7 Å². The molecule has 2 aliphatic rings. The SMILES string of the molecule is CC(C)(NC(=O)O)C(=O)N1CCN(C(=O)Nc2ccn(C3=CCC(CO)CC3)c(=O)n2)CC1. The molecular formula is C21H30N6O6. The van der Waals surface area contributed by atoms with Crippen LogP contribution in [0.25, 0.3) is 5.70 Å². The number of aliphatic hydroxyl groups is 1. The Morgan fingerprint density at radius 2 is 1.85 bits per heavy atom. The lowest BCUT2D eigenvalue weighted by Crippen LogP contribution is -2.60. The van der Waals surface area contributed by atoms with E-state index >= 15 is 0 Å². The van der Waals surface area contributed by atoms with Gasteiger partial charge in [-0.15, -0.1) is 0 Å². The number of urea groups is 1. The number of carbonyl (C=O) groups excluding carboxylic acids is 2. The predicted octanol–water partition coefficient (Wildman–Crippen LogP) is 0.599. The fraction of sp³-hybridized carbons (Fsp3) is 0.571. The molecule has 180 valence electrons. The number of aliphatic hydroxyl groups excluding tert-OH is 1.